The lowest BCUT2D eigenvalue weighted by atomic mass is 9.84. The molecule has 0 unspecified atom stereocenters. The van der Waals surface area contributed by atoms with Gasteiger partial charge in [-0.05, 0) is 43.7 Å². The summed E-state index contributed by atoms with van der Waals surface area (Å²) in [7, 11) is -3.54. The molecule has 0 N–H and O–H groups in total. The summed E-state index contributed by atoms with van der Waals surface area (Å²) in [5, 5.41) is 0. The van der Waals surface area contributed by atoms with Crippen molar-refractivity contribution >= 4 is 15.9 Å². The molecule has 1 aliphatic carbocycles. The van der Waals surface area contributed by atoms with Crippen LogP contribution in [0.1, 0.15) is 32.1 Å². The number of carbonyl (C=O) groups is 1. The van der Waals surface area contributed by atoms with Crippen LogP contribution in [0.3, 0.4) is 0 Å². The van der Waals surface area contributed by atoms with Gasteiger partial charge in [0.25, 0.3) is 0 Å². The summed E-state index contributed by atoms with van der Waals surface area (Å²) in [6.07, 6.45) is 7.93. The van der Waals surface area contributed by atoms with Gasteiger partial charge in [-0.3, -0.25) is 9.78 Å². The monoisotopic (exact) mass is 349 g/mol. The van der Waals surface area contributed by atoms with E-state index in [2.05, 4.69) is 4.98 Å². The summed E-state index contributed by atoms with van der Waals surface area (Å²) in [6, 6.07) is 3.13. The Morgan fingerprint density at radius 2 is 1.96 bits per heavy atom. The minimum Gasteiger partial charge on any atom is -0.341 e. The Kier molecular flexibility index (Phi) is 4.08. The van der Waals surface area contributed by atoms with Crippen LogP contribution in [0.4, 0.5) is 0 Å². The van der Waals surface area contributed by atoms with Crippen molar-refractivity contribution in [2.24, 2.45) is 11.8 Å². The minimum atomic E-state index is -3.54. The first-order valence-electron chi connectivity index (χ1n) is 8.76. The van der Waals surface area contributed by atoms with Gasteiger partial charge in [0.05, 0.1) is 0 Å². The molecule has 1 amide bonds. The molecule has 6 nitrogen and oxygen atoms in total. The molecule has 3 saturated heterocycles. The van der Waals surface area contributed by atoms with E-state index in [1.165, 1.54) is 6.20 Å². The Bertz CT molecular complexity index is 718. The molecule has 3 aliphatic heterocycles. The largest absolute Gasteiger partial charge is 0.341 e. The average molecular weight is 349 g/mol. The van der Waals surface area contributed by atoms with Gasteiger partial charge in [0.15, 0.2) is 0 Å². The van der Waals surface area contributed by atoms with Gasteiger partial charge in [-0.25, -0.2) is 8.42 Å². The second kappa shape index (κ2) is 6.11. The molecule has 4 fully saturated rings. The van der Waals surface area contributed by atoms with Crippen molar-refractivity contribution in [1.29, 1.82) is 0 Å². The Balaban J connectivity index is 1.58. The van der Waals surface area contributed by atoms with Crippen LogP contribution in [0.5, 0.6) is 0 Å². The van der Waals surface area contributed by atoms with Gasteiger partial charge in [-0.1, -0.05) is 6.42 Å². The minimum absolute atomic E-state index is 0.113. The smallest absolute Gasteiger partial charge is 0.244 e. The Labute approximate surface area is 142 Å². The predicted octanol–water partition coefficient (Wildman–Crippen LogP) is 1.49. The normalized spacial score (nSPS) is 28.4. The summed E-state index contributed by atoms with van der Waals surface area (Å²) < 4.78 is 27.6. The molecule has 1 saturated carbocycles. The molecule has 2 atom stereocenters. The number of rotatable bonds is 3. The summed E-state index contributed by atoms with van der Waals surface area (Å²) in [5.74, 6) is 0.642. The third-order valence-electron chi connectivity index (χ3n) is 5.67. The van der Waals surface area contributed by atoms with E-state index >= 15 is 0 Å². The van der Waals surface area contributed by atoms with E-state index in [1.807, 2.05) is 4.90 Å². The molecule has 130 valence electrons. The highest BCUT2D eigenvalue weighted by Crippen LogP contribution is 2.35. The van der Waals surface area contributed by atoms with Crippen LogP contribution in [0.2, 0.25) is 0 Å². The Hall–Kier alpha value is -1.47. The molecule has 1 aromatic heterocycles. The lowest BCUT2D eigenvalue weighted by molar-refractivity contribution is -0.138. The molecule has 7 heteroatoms. The van der Waals surface area contributed by atoms with Crippen LogP contribution < -0.4 is 0 Å². The van der Waals surface area contributed by atoms with Crippen molar-refractivity contribution < 1.29 is 13.2 Å². The van der Waals surface area contributed by atoms with Gasteiger partial charge < -0.3 is 4.90 Å². The molecule has 0 aromatic carbocycles. The highest BCUT2D eigenvalue weighted by atomic mass is 32.2. The van der Waals surface area contributed by atoms with Crippen LogP contribution in [-0.2, 0) is 14.8 Å². The standard InChI is InChI=1S/C17H23N3O3S/c21-17(14-3-1-4-14)19-10-13-6-7-15(12-19)20(11-13)24(22,23)16-5-2-8-18-9-16/h2,5,8-9,13-15H,1,3-4,6-7,10-12H2/t13-,15+/m0/s1. The van der Waals surface area contributed by atoms with Crippen molar-refractivity contribution in [3.8, 4) is 0 Å². The fourth-order valence-electron chi connectivity index (χ4n) is 4.06. The van der Waals surface area contributed by atoms with Crippen LogP contribution in [-0.4, -0.2) is 54.2 Å². The zero-order chi connectivity index (χ0) is 16.7. The molecular formula is C17H23N3O3S. The maximum Gasteiger partial charge on any atom is 0.244 e. The topological polar surface area (TPSA) is 70.6 Å². The summed E-state index contributed by atoms with van der Waals surface area (Å²) in [4.78, 5) is 18.8. The third-order valence-corrected chi connectivity index (χ3v) is 7.57. The molecule has 0 radical (unpaired) electrons. The number of amides is 1. The van der Waals surface area contributed by atoms with E-state index in [0.29, 0.717) is 19.6 Å². The van der Waals surface area contributed by atoms with Gasteiger partial charge in [-0.15, -0.1) is 0 Å². The molecule has 4 heterocycles. The second-order valence-electron chi connectivity index (χ2n) is 7.23. The molecule has 4 aliphatic rings. The van der Waals surface area contributed by atoms with E-state index in [-0.39, 0.29) is 28.7 Å². The molecule has 0 spiro atoms. The molecule has 5 rings (SSSR count). The lowest BCUT2D eigenvalue weighted by Gasteiger charge is -2.35. The van der Waals surface area contributed by atoms with E-state index in [9.17, 15) is 13.2 Å². The number of pyridine rings is 1. The van der Waals surface area contributed by atoms with Crippen molar-refractivity contribution in [3.63, 3.8) is 0 Å². The first-order valence-corrected chi connectivity index (χ1v) is 10.2. The predicted molar refractivity (Wildman–Crippen MR) is 88.6 cm³/mol. The maximum absolute atomic E-state index is 13.0. The van der Waals surface area contributed by atoms with Crippen molar-refractivity contribution in [1.82, 2.24) is 14.2 Å². The number of hydrogen-bond donors (Lipinski definition) is 0. The van der Waals surface area contributed by atoms with Gasteiger partial charge in [-0.2, -0.15) is 4.31 Å². The highest BCUT2D eigenvalue weighted by Gasteiger charge is 2.43. The number of piperidine rings is 1. The van der Waals surface area contributed by atoms with Crippen molar-refractivity contribution in [2.75, 3.05) is 19.6 Å². The number of carbonyl (C=O) groups excluding carboxylic acids is 1. The van der Waals surface area contributed by atoms with Crippen molar-refractivity contribution in [3.05, 3.63) is 24.5 Å². The van der Waals surface area contributed by atoms with Gasteiger partial charge in [0.2, 0.25) is 15.9 Å². The van der Waals surface area contributed by atoms with E-state index in [0.717, 1.165) is 32.1 Å². The second-order valence-corrected chi connectivity index (χ2v) is 9.12. The Morgan fingerprint density at radius 3 is 2.62 bits per heavy atom. The average Bonchev–Trinajstić information content (AvgIpc) is 2.86. The summed E-state index contributed by atoms with van der Waals surface area (Å²) in [5.41, 5.74) is 0. The van der Waals surface area contributed by atoms with E-state index in [4.69, 9.17) is 0 Å². The van der Waals surface area contributed by atoms with Crippen molar-refractivity contribution in [2.45, 2.75) is 43.0 Å². The van der Waals surface area contributed by atoms with E-state index < -0.39 is 10.0 Å². The number of aromatic nitrogens is 1. The van der Waals surface area contributed by atoms with Gasteiger partial charge in [0.1, 0.15) is 4.90 Å². The summed E-state index contributed by atoms with van der Waals surface area (Å²) >= 11 is 0. The van der Waals surface area contributed by atoms with Crippen LogP contribution in [0, 0.1) is 11.8 Å². The van der Waals surface area contributed by atoms with Gasteiger partial charge in [0, 0.05) is 44.0 Å². The van der Waals surface area contributed by atoms with Crippen LogP contribution in [0.15, 0.2) is 29.4 Å². The third kappa shape index (κ3) is 2.73. The lowest BCUT2D eigenvalue weighted by Crippen LogP contribution is -2.48. The summed E-state index contributed by atoms with van der Waals surface area (Å²) in [6.45, 7) is 1.74. The quantitative estimate of drug-likeness (QED) is 0.829. The fraction of sp³-hybridized carbons (Fsp3) is 0.647. The first kappa shape index (κ1) is 16.0. The van der Waals surface area contributed by atoms with Gasteiger partial charge >= 0.3 is 0 Å². The van der Waals surface area contributed by atoms with Crippen LogP contribution >= 0.6 is 0 Å². The Morgan fingerprint density at radius 1 is 1.12 bits per heavy atom. The van der Waals surface area contributed by atoms with Crippen LogP contribution in [0.25, 0.3) is 0 Å². The maximum atomic E-state index is 13.0. The van der Waals surface area contributed by atoms with E-state index in [1.54, 1.807) is 22.6 Å². The highest BCUT2D eigenvalue weighted by molar-refractivity contribution is 7.89. The first-order chi connectivity index (χ1) is 11.6. The molecule has 2 bridgehead atoms. The number of fused-ring (bicyclic) bond motifs is 4. The molecule has 1 aromatic rings. The molecular weight excluding hydrogens is 326 g/mol. The number of nitrogens with zero attached hydrogens (tertiary/aromatic N) is 3. The number of sulfonamides is 1. The zero-order valence-corrected chi connectivity index (χ0v) is 14.5. The molecule has 24 heavy (non-hydrogen) atoms. The zero-order valence-electron chi connectivity index (χ0n) is 13.7. The fourth-order valence-corrected chi connectivity index (χ4v) is 5.75. The number of hydrogen-bond acceptors (Lipinski definition) is 4. The SMILES string of the molecule is O=C(C1CCC1)N1C[C@@H]2CC[C@H](C1)N(S(=O)(=O)c1cccnc1)C2.